The first-order valence-corrected chi connectivity index (χ1v) is 15.9. The Kier molecular flexibility index (Phi) is 8.96. The first-order valence-electron chi connectivity index (χ1n) is 14.4. The van der Waals surface area contributed by atoms with Crippen LogP contribution in [0.25, 0.3) is 0 Å². The molecule has 0 saturated carbocycles. The quantitative estimate of drug-likeness (QED) is 0.153. The van der Waals surface area contributed by atoms with Crippen molar-refractivity contribution in [3.63, 3.8) is 0 Å². The molecule has 5 aromatic carbocycles. The molecule has 0 aliphatic rings. The zero-order valence-corrected chi connectivity index (χ0v) is 28.0. The van der Waals surface area contributed by atoms with Crippen LogP contribution in [0.2, 0.25) is 0 Å². The van der Waals surface area contributed by atoms with Crippen LogP contribution < -0.4 is 9.64 Å². The van der Waals surface area contributed by atoms with Crippen LogP contribution in [0, 0.1) is 0 Å². The van der Waals surface area contributed by atoms with E-state index in [1.54, 1.807) is 0 Å². The number of hydrogen-bond donors (Lipinski definition) is 0. The molecule has 0 N–H and O–H groups in total. The van der Waals surface area contributed by atoms with Gasteiger partial charge in [-0.15, -0.1) is 0 Å². The Morgan fingerprint density at radius 2 is 0.762 bits per heavy atom. The molecule has 4 heteroatoms. The normalized spacial score (nSPS) is 11.8. The Morgan fingerprint density at radius 1 is 0.476 bits per heavy atom. The van der Waals surface area contributed by atoms with Crippen molar-refractivity contribution >= 4 is 48.9 Å². The maximum atomic E-state index is 5.73. The SMILES string of the molecule is CCOc1ccc(N(c2ccc(C(C)(C)c3ccc(Br)cc3)cc2)c2ccc(C(C)(C)c3ccc(Br)cc3)cc2)cc1. The van der Waals surface area contributed by atoms with E-state index in [4.69, 9.17) is 4.74 Å². The van der Waals surface area contributed by atoms with Crippen LogP contribution in [0.3, 0.4) is 0 Å². The molecule has 0 radical (unpaired) electrons. The predicted molar refractivity (Wildman–Crippen MR) is 185 cm³/mol. The van der Waals surface area contributed by atoms with Gasteiger partial charge in [-0.25, -0.2) is 0 Å². The summed E-state index contributed by atoms with van der Waals surface area (Å²) in [5.41, 5.74) is 8.16. The average Bonchev–Trinajstić information content (AvgIpc) is 2.99. The van der Waals surface area contributed by atoms with Crippen LogP contribution in [0.5, 0.6) is 5.75 Å². The molecule has 0 aliphatic heterocycles. The van der Waals surface area contributed by atoms with Crippen LogP contribution in [-0.2, 0) is 10.8 Å². The van der Waals surface area contributed by atoms with Crippen LogP contribution in [0.1, 0.15) is 56.9 Å². The lowest BCUT2D eigenvalue weighted by atomic mass is 9.78. The Balaban J connectivity index is 1.51. The number of nitrogens with zero attached hydrogens (tertiary/aromatic N) is 1. The molecule has 0 atom stereocenters. The minimum Gasteiger partial charge on any atom is -0.494 e. The molecule has 0 saturated heterocycles. The lowest BCUT2D eigenvalue weighted by Gasteiger charge is -2.30. The van der Waals surface area contributed by atoms with Gasteiger partial charge in [-0.2, -0.15) is 0 Å². The smallest absolute Gasteiger partial charge is 0.119 e. The van der Waals surface area contributed by atoms with Gasteiger partial charge < -0.3 is 9.64 Å². The number of anilines is 3. The summed E-state index contributed by atoms with van der Waals surface area (Å²) in [7, 11) is 0. The summed E-state index contributed by atoms with van der Waals surface area (Å²) in [4.78, 5) is 2.31. The highest BCUT2D eigenvalue weighted by atomic mass is 79.9. The van der Waals surface area contributed by atoms with Crippen LogP contribution >= 0.6 is 31.9 Å². The molecule has 0 aliphatic carbocycles. The molecule has 214 valence electrons. The Bertz CT molecular complexity index is 1500. The first kappa shape index (κ1) is 30.1. The van der Waals surface area contributed by atoms with Gasteiger partial charge in [0.1, 0.15) is 5.75 Å². The monoisotopic (exact) mass is 681 g/mol. The molecule has 5 aromatic rings. The fraction of sp³-hybridized carbons (Fsp3) is 0.211. The summed E-state index contributed by atoms with van der Waals surface area (Å²) in [5.74, 6) is 0.874. The maximum absolute atomic E-state index is 5.73. The largest absolute Gasteiger partial charge is 0.494 e. The number of rotatable bonds is 9. The highest BCUT2D eigenvalue weighted by Crippen LogP contribution is 2.40. The van der Waals surface area contributed by atoms with E-state index >= 15 is 0 Å². The number of hydrogen-bond acceptors (Lipinski definition) is 2. The van der Waals surface area contributed by atoms with E-state index in [0.29, 0.717) is 6.61 Å². The second kappa shape index (κ2) is 12.5. The van der Waals surface area contributed by atoms with Crippen molar-refractivity contribution in [3.8, 4) is 5.75 Å². The van der Waals surface area contributed by atoms with E-state index in [2.05, 4.69) is 174 Å². The number of halogens is 2. The molecule has 0 unspecified atom stereocenters. The van der Waals surface area contributed by atoms with Gasteiger partial charge in [0.05, 0.1) is 6.61 Å². The van der Waals surface area contributed by atoms with Gasteiger partial charge in [0.15, 0.2) is 0 Å². The summed E-state index contributed by atoms with van der Waals surface area (Å²) in [6.07, 6.45) is 0. The standard InChI is InChI=1S/C38H37Br2NO/c1-6-42-36-25-23-35(24-26-36)41(33-19-11-29(12-20-33)37(2,3)27-7-15-31(39)16-8-27)34-21-13-30(14-22-34)38(4,5)28-9-17-32(40)18-10-28/h7-26H,6H2,1-5H3. The number of ether oxygens (including phenoxy) is 1. The summed E-state index contributed by atoms with van der Waals surface area (Å²) >= 11 is 7.13. The summed E-state index contributed by atoms with van der Waals surface area (Å²) in [6.45, 7) is 11.8. The Morgan fingerprint density at radius 3 is 1.07 bits per heavy atom. The summed E-state index contributed by atoms with van der Waals surface area (Å²) < 4.78 is 7.92. The van der Waals surface area contributed by atoms with E-state index in [9.17, 15) is 0 Å². The van der Waals surface area contributed by atoms with Crippen LogP contribution in [0.15, 0.2) is 130 Å². The molecule has 0 heterocycles. The lowest BCUT2D eigenvalue weighted by Crippen LogP contribution is -2.19. The average molecular weight is 684 g/mol. The zero-order chi connectivity index (χ0) is 29.9. The first-order chi connectivity index (χ1) is 20.1. The molecular weight excluding hydrogens is 646 g/mol. The Labute approximate surface area is 267 Å². The zero-order valence-electron chi connectivity index (χ0n) is 24.9. The van der Waals surface area contributed by atoms with Gasteiger partial charge in [0.2, 0.25) is 0 Å². The van der Waals surface area contributed by atoms with Crippen LogP contribution in [0.4, 0.5) is 17.1 Å². The highest BCUT2D eigenvalue weighted by molar-refractivity contribution is 9.10. The second-order valence-electron chi connectivity index (χ2n) is 11.6. The fourth-order valence-electron chi connectivity index (χ4n) is 5.43. The topological polar surface area (TPSA) is 12.5 Å². The van der Waals surface area contributed by atoms with E-state index in [1.807, 2.05) is 19.1 Å². The van der Waals surface area contributed by atoms with Crippen molar-refractivity contribution in [2.75, 3.05) is 11.5 Å². The van der Waals surface area contributed by atoms with Gasteiger partial charge in [-0.3, -0.25) is 0 Å². The minimum absolute atomic E-state index is 0.122. The van der Waals surface area contributed by atoms with Crippen molar-refractivity contribution in [2.45, 2.75) is 45.4 Å². The van der Waals surface area contributed by atoms with Crippen molar-refractivity contribution in [1.82, 2.24) is 0 Å². The van der Waals surface area contributed by atoms with Gasteiger partial charge in [0.25, 0.3) is 0 Å². The fourth-order valence-corrected chi connectivity index (χ4v) is 5.95. The highest BCUT2D eigenvalue weighted by Gasteiger charge is 2.25. The van der Waals surface area contributed by atoms with Gasteiger partial charge in [-0.05, 0) is 102 Å². The molecule has 0 bridgehead atoms. The van der Waals surface area contributed by atoms with E-state index < -0.39 is 0 Å². The molecule has 0 aromatic heterocycles. The predicted octanol–water partition coefficient (Wildman–Crippen LogP) is 11.7. The molecule has 42 heavy (non-hydrogen) atoms. The van der Waals surface area contributed by atoms with Gasteiger partial charge in [0, 0.05) is 36.8 Å². The molecule has 0 fully saturated rings. The van der Waals surface area contributed by atoms with Crippen molar-refractivity contribution in [3.05, 3.63) is 153 Å². The van der Waals surface area contributed by atoms with Crippen molar-refractivity contribution in [1.29, 1.82) is 0 Å². The molecular formula is C38H37Br2NO. The van der Waals surface area contributed by atoms with Crippen molar-refractivity contribution in [2.24, 2.45) is 0 Å². The van der Waals surface area contributed by atoms with E-state index in [-0.39, 0.29) is 10.8 Å². The third-order valence-electron chi connectivity index (χ3n) is 8.23. The third-order valence-corrected chi connectivity index (χ3v) is 9.29. The maximum Gasteiger partial charge on any atom is 0.119 e. The van der Waals surface area contributed by atoms with Crippen LogP contribution in [-0.4, -0.2) is 6.61 Å². The summed E-state index contributed by atoms with van der Waals surface area (Å²) in [5, 5.41) is 0. The molecule has 2 nitrogen and oxygen atoms in total. The van der Waals surface area contributed by atoms with E-state index in [1.165, 1.54) is 22.3 Å². The Hall–Kier alpha value is -3.34. The number of benzene rings is 5. The molecule has 5 rings (SSSR count). The minimum atomic E-state index is -0.122. The third kappa shape index (κ3) is 6.35. The molecule has 0 spiro atoms. The lowest BCUT2D eigenvalue weighted by molar-refractivity contribution is 0.340. The molecule has 0 amide bonds. The van der Waals surface area contributed by atoms with Crippen molar-refractivity contribution < 1.29 is 4.74 Å². The van der Waals surface area contributed by atoms with Gasteiger partial charge in [-0.1, -0.05) is 108 Å². The van der Waals surface area contributed by atoms with Gasteiger partial charge >= 0.3 is 0 Å². The second-order valence-corrected chi connectivity index (χ2v) is 13.5. The van der Waals surface area contributed by atoms with E-state index in [0.717, 1.165) is 31.8 Å². The summed E-state index contributed by atoms with van der Waals surface area (Å²) in [6, 6.07) is 43.5.